The maximum Gasteiger partial charge on any atom is 0.224 e. The molecule has 1 N–H and O–H groups in total. The zero-order valence-corrected chi connectivity index (χ0v) is 12.0. The molecule has 0 radical (unpaired) electrons. The van der Waals surface area contributed by atoms with Gasteiger partial charge in [0.2, 0.25) is 11.2 Å². The Morgan fingerprint density at radius 2 is 2.05 bits per heavy atom. The second-order valence-corrected chi connectivity index (χ2v) is 5.20. The average molecular weight is 303 g/mol. The van der Waals surface area contributed by atoms with Crippen LogP contribution in [0, 0.1) is 0 Å². The monoisotopic (exact) mass is 302 g/mol. The fourth-order valence-electron chi connectivity index (χ4n) is 2.06. The van der Waals surface area contributed by atoms with Gasteiger partial charge in [0.15, 0.2) is 0 Å². The van der Waals surface area contributed by atoms with Crippen molar-refractivity contribution in [2.75, 3.05) is 25.0 Å². The van der Waals surface area contributed by atoms with Crippen LogP contribution in [-0.4, -0.2) is 40.4 Å². The third-order valence-corrected chi connectivity index (χ3v) is 3.51. The van der Waals surface area contributed by atoms with Gasteiger partial charge in [-0.15, -0.1) is 0 Å². The number of amides is 1. The Bertz CT molecular complexity index is 449. The standard InChI is InChI=1S/C12H16Cl2N4O/c13-9-8-16-12(14)17-11(9)15-5-4-10(19)18-6-2-1-3-7-18/h8H,1-7H2,(H,15,16,17). The second-order valence-electron chi connectivity index (χ2n) is 4.45. The molecule has 5 nitrogen and oxygen atoms in total. The molecule has 2 heterocycles. The van der Waals surface area contributed by atoms with Gasteiger partial charge in [-0.1, -0.05) is 11.6 Å². The first-order valence-corrected chi connectivity index (χ1v) is 7.12. The first-order chi connectivity index (χ1) is 9.16. The van der Waals surface area contributed by atoms with E-state index < -0.39 is 0 Å². The molecule has 0 spiro atoms. The van der Waals surface area contributed by atoms with E-state index in [4.69, 9.17) is 23.2 Å². The maximum atomic E-state index is 11.9. The summed E-state index contributed by atoms with van der Waals surface area (Å²) in [6.45, 7) is 2.24. The fourth-order valence-corrected chi connectivity index (χ4v) is 2.35. The number of nitrogens with zero attached hydrogens (tertiary/aromatic N) is 3. The van der Waals surface area contributed by atoms with Gasteiger partial charge in [-0.3, -0.25) is 4.79 Å². The normalized spacial score (nSPS) is 15.4. The Morgan fingerprint density at radius 1 is 1.32 bits per heavy atom. The SMILES string of the molecule is O=C(CCNc1nc(Cl)ncc1Cl)N1CCCCC1. The smallest absolute Gasteiger partial charge is 0.224 e. The third-order valence-electron chi connectivity index (χ3n) is 3.05. The summed E-state index contributed by atoms with van der Waals surface area (Å²) >= 11 is 11.6. The van der Waals surface area contributed by atoms with Crippen molar-refractivity contribution in [1.29, 1.82) is 0 Å². The predicted octanol–water partition coefficient (Wildman–Crippen LogP) is 2.60. The lowest BCUT2D eigenvalue weighted by Crippen LogP contribution is -2.36. The van der Waals surface area contributed by atoms with Crippen molar-refractivity contribution >= 4 is 34.9 Å². The molecule has 104 valence electrons. The van der Waals surface area contributed by atoms with E-state index in [1.807, 2.05) is 4.90 Å². The molecule has 1 aromatic rings. The molecular weight excluding hydrogens is 287 g/mol. The number of hydrogen-bond donors (Lipinski definition) is 1. The quantitative estimate of drug-likeness (QED) is 0.869. The number of rotatable bonds is 4. The maximum absolute atomic E-state index is 11.9. The van der Waals surface area contributed by atoms with Gasteiger partial charge in [0.1, 0.15) is 10.8 Å². The molecule has 0 unspecified atom stereocenters. The Kier molecular flexibility index (Phi) is 5.22. The lowest BCUT2D eigenvalue weighted by molar-refractivity contribution is -0.131. The Morgan fingerprint density at radius 3 is 2.79 bits per heavy atom. The number of aromatic nitrogens is 2. The number of nitrogens with one attached hydrogen (secondary N) is 1. The van der Waals surface area contributed by atoms with Crippen LogP contribution in [0.1, 0.15) is 25.7 Å². The molecule has 2 rings (SSSR count). The van der Waals surface area contributed by atoms with Crippen molar-refractivity contribution < 1.29 is 4.79 Å². The highest BCUT2D eigenvalue weighted by atomic mass is 35.5. The Hall–Kier alpha value is -1.07. The zero-order valence-electron chi connectivity index (χ0n) is 10.5. The number of halogens is 2. The van der Waals surface area contributed by atoms with Gasteiger partial charge >= 0.3 is 0 Å². The van der Waals surface area contributed by atoms with E-state index in [9.17, 15) is 4.79 Å². The summed E-state index contributed by atoms with van der Waals surface area (Å²) in [7, 11) is 0. The van der Waals surface area contributed by atoms with Gasteiger partial charge < -0.3 is 10.2 Å². The summed E-state index contributed by atoms with van der Waals surface area (Å²) in [5, 5.41) is 3.54. The van der Waals surface area contributed by atoms with E-state index in [0.717, 1.165) is 25.9 Å². The largest absolute Gasteiger partial charge is 0.368 e. The molecule has 1 aliphatic heterocycles. The second kappa shape index (κ2) is 6.91. The van der Waals surface area contributed by atoms with Crippen LogP contribution in [0.3, 0.4) is 0 Å². The molecule has 19 heavy (non-hydrogen) atoms. The minimum atomic E-state index is 0.134. The van der Waals surface area contributed by atoms with Gasteiger partial charge in [0.25, 0.3) is 0 Å². The molecule has 1 aromatic heterocycles. The van der Waals surface area contributed by atoms with E-state index >= 15 is 0 Å². The van der Waals surface area contributed by atoms with Crippen molar-refractivity contribution in [3.8, 4) is 0 Å². The molecule has 1 aliphatic rings. The van der Waals surface area contributed by atoms with Crippen LogP contribution < -0.4 is 5.32 Å². The number of carbonyl (C=O) groups is 1. The van der Waals surface area contributed by atoms with E-state index in [-0.39, 0.29) is 11.2 Å². The van der Waals surface area contributed by atoms with Crippen molar-refractivity contribution in [3.05, 3.63) is 16.5 Å². The van der Waals surface area contributed by atoms with E-state index in [2.05, 4.69) is 15.3 Å². The summed E-state index contributed by atoms with van der Waals surface area (Å²) in [4.78, 5) is 21.6. The summed E-state index contributed by atoms with van der Waals surface area (Å²) in [6, 6.07) is 0. The van der Waals surface area contributed by atoms with Crippen molar-refractivity contribution in [3.63, 3.8) is 0 Å². The highest BCUT2D eigenvalue weighted by Crippen LogP contribution is 2.19. The Labute approximate surface area is 122 Å². The van der Waals surface area contributed by atoms with Crippen LogP contribution in [0.15, 0.2) is 6.20 Å². The molecule has 0 bridgehead atoms. The van der Waals surface area contributed by atoms with Crippen LogP contribution >= 0.6 is 23.2 Å². The van der Waals surface area contributed by atoms with Gasteiger partial charge in [0, 0.05) is 26.1 Å². The van der Waals surface area contributed by atoms with E-state index in [1.165, 1.54) is 12.6 Å². The highest BCUT2D eigenvalue weighted by Gasteiger charge is 2.15. The van der Waals surface area contributed by atoms with Gasteiger partial charge in [-0.05, 0) is 30.9 Å². The molecule has 0 atom stereocenters. The van der Waals surface area contributed by atoms with Gasteiger partial charge in [-0.25, -0.2) is 4.98 Å². The number of piperidine rings is 1. The summed E-state index contributed by atoms with van der Waals surface area (Å²) in [5.41, 5.74) is 0. The highest BCUT2D eigenvalue weighted by molar-refractivity contribution is 6.33. The lowest BCUT2D eigenvalue weighted by Gasteiger charge is -2.26. The summed E-state index contributed by atoms with van der Waals surface area (Å²) in [5.74, 6) is 0.636. The molecule has 1 saturated heterocycles. The molecule has 0 aromatic carbocycles. The molecule has 0 aliphatic carbocycles. The van der Waals surface area contributed by atoms with Crippen LogP contribution in [0.4, 0.5) is 5.82 Å². The molecule has 7 heteroatoms. The minimum Gasteiger partial charge on any atom is -0.368 e. The molecular formula is C12H16Cl2N4O. The van der Waals surface area contributed by atoms with Gasteiger partial charge in [0.05, 0.1) is 6.20 Å². The van der Waals surface area contributed by atoms with E-state index in [1.54, 1.807) is 0 Å². The molecule has 1 amide bonds. The average Bonchev–Trinajstić information content (AvgIpc) is 2.43. The third kappa shape index (κ3) is 4.21. The van der Waals surface area contributed by atoms with Crippen molar-refractivity contribution in [1.82, 2.24) is 14.9 Å². The number of anilines is 1. The van der Waals surface area contributed by atoms with Crippen LogP contribution in [0.5, 0.6) is 0 Å². The number of likely N-dealkylation sites (tertiary alicyclic amines) is 1. The van der Waals surface area contributed by atoms with E-state index in [0.29, 0.717) is 23.8 Å². The first-order valence-electron chi connectivity index (χ1n) is 6.36. The number of carbonyl (C=O) groups excluding carboxylic acids is 1. The summed E-state index contributed by atoms with van der Waals surface area (Å²) < 4.78 is 0. The minimum absolute atomic E-state index is 0.134. The molecule has 0 saturated carbocycles. The number of hydrogen-bond acceptors (Lipinski definition) is 4. The van der Waals surface area contributed by atoms with Crippen LogP contribution in [0.2, 0.25) is 10.3 Å². The van der Waals surface area contributed by atoms with Crippen LogP contribution in [0.25, 0.3) is 0 Å². The van der Waals surface area contributed by atoms with Crippen molar-refractivity contribution in [2.24, 2.45) is 0 Å². The topological polar surface area (TPSA) is 58.1 Å². The van der Waals surface area contributed by atoms with Crippen LogP contribution in [-0.2, 0) is 4.79 Å². The summed E-state index contributed by atoms with van der Waals surface area (Å²) in [6.07, 6.45) is 5.29. The predicted molar refractivity (Wildman–Crippen MR) is 75.6 cm³/mol. The molecule has 1 fully saturated rings. The lowest BCUT2D eigenvalue weighted by atomic mass is 10.1. The Balaban J connectivity index is 1.79. The van der Waals surface area contributed by atoms with Gasteiger partial charge in [-0.2, -0.15) is 4.98 Å². The zero-order chi connectivity index (χ0) is 13.7. The van der Waals surface area contributed by atoms with Crippen molar-refractivity contribution in [2.45, 2.75) is 25.7 Å². The fraction of sp³-hybridized carbons (Fsp3) is 0.583. The first kappa shape index (κ1) is 14.3.